The van der Waals surface area contributed by atoms with Gasteiger partial charge in [-0.3, -0.25) is 14.8 Å². The van der Waals surface area contributed by atoms with Crippen LogP contribution in [0.3, 0.4) is 0 Å². The molecule has 1 heterocycles. The van der Waals surface area contributed by atoms with Crippen molar-refractivity contribution < 1.29 is 10.0 Å². The van der Waals surface area contributed by atoms with Crippen molar-refractivity contribution >= 4 is 5.69 Å². The van der Waals surface area contributed by atoms with Crippen LogP contribution in [0.5, 0.6) is 0 Å². The average Bonchev–Trinajstić information content (AvgIpc) is 2.93. The van der Waals surface area contributed by atoms with Gasteiger partial charge in [0.05, 0.1) is 17.6 Å². The summed E-state index contributed by atoms with van der Waals surface area (Å²) < 4.78 is 1.42. The van der Waals surface area contributed by atoms with E-state index in [1.807, 2.05) is 0 Å². The first kappa shape index (κ1) is 17.9. The molecular weight excluding hydrogens is 296 g/mol. The molecule has 1 aliphatic carbocycles. The summed E-state index contributed by atoms with van der Waals surface area (Å²) in [5, 5.41) is 28.2. The molecule has 0 amide bonds. The van der Waals surface area contributed by atoms with Crippen molar-refractivity contribution in [3.8, 4) is 0 Å². The summed E-state index contributed by atoms with van der Waals surface area (Å²) >= 11 is 0. The highest BCUT2D eigenvalue weighted by Crippen LogP contribution is 2.37. The summed E-state index contributed by atoms with van der Waals surface area (Å²) in [5.74, 6) is 0.606. The number of hydrogen-bond acceptors (Lipinski definition) is 5. The first-order valence-corrected chi connectivity index (χ1v) is 8.35. The number of aromatic nitrogens is 2. The summed E-state index contributed by atoms with van der Waals surface area (Å²) in [6.45, 7) is 7.56. The SMILES string of the molecule is CC(C)(C)C1CCCCC1NCC(O)Cn1cc([N+](=O)[O-])cn1. The minimum absolute atomic E-state index is 0.0507. The Bertz CT molecular complexity index is 524. The highest BCUT2D eigenvalue weighted by Gasteiger charge is 2.33. The van der Waals surface area contributed by atoms with Crippen molar-refractivity contribution in [2.75, 3.05) is 6.54 Å². The van der Waals surface area contributed by atoms with E-state index in [1.165, 1.54) is 36.3 Å². The van der Waals surface area contributed by atoms with Crippen LogP contribution in [0.2, 0.25) is 0 Å². The maximum Gasteiger partial charge on any atom is 0.306 e. The van der Waals surface area contributed by atoms with Crippen LogP contribution >= 0.6 is 0 Å². The van der Waals surface area contributed by atoms with E-state index >= 15 is 0 Å². The molecule has 1 aromatic heterocycles. The zero-order valence-electron chi connectivity index (χ0n) is 14.2. The fourth-order valence-corrected chi connectivity index (χ4v) is 3.53. The van der Waals surface area contributed by atoms with E-state index in [0.717, 1.165) is 6.42 Å². The summed E-state index contributed by atoms with van der Waals surface area (Å²) in [7, 11) is 0. The predicted molar refractivity (Wildman–Crippen MR) is 88.1 cm³/mol. The predicted octanol–water partition coefficient (Wildman–Crippen LogP) is 2.35. The van der Waals surface area contributed by atoms with Gasteiger partial charge < -0.3 is 10.4 Å². The Kier molecular flexibility index (Phi) is 5.75. The second kappa shape index (κ2) is 7.40. The van der Waals surface area contributed by atoms with Gasteiger partial charge in [0.25, 0.3) is 0 Å². The fraction of sp³-hybridized carbons (Fsp3) is 0.812. The second-order valence-electron chi connectivity index (χ2n) is 7.60. The van der Waals surface area contributed by atoms with Gasteiger partial charge in [0.2, 0.25) is 0 Å². The lowest BCUT2D eigenvalue weighted by Gasteiger charge is -2.41. The molecule has 0 spiro atoms. The Hall–Kier alpha value is -1.47. The molecule has 0 aromatic carbocycles. The van der Waals surface area contributed by atoms with E-state index in [9.17, 15) is 15.2 Å². The Morgan fingerprint density at radius 3 is 2.78 bits per heavy atom. The lowest BCUT2D eigenvalue weighted by Crippen LogP contribution is -2.47. The molecule has 7 heteroatoms. The van der Waals surface area contributed by atoms with Gasteiger partial charge in [-0.15, -0.1) is 0 Å². The van der Waals surface area contributed by atoms with Gasteiger partial charge in [0, 0.05) is 12.6 Å². The standard InChI is InChI=1S/C16H28N4O3/c1-16(2,3)14-6-4-5-7-15(14)17-9-13(21)11-19-10-12(8-18-19)20(22)23/h8,10,13-15,17,21H,4-7,9,11H2,1-3H3. The molecular formula is C16H28N4O3. The van der Waals surface area contributed by atoms with Crippen LogP contribution in [0.15, 0.2) is 12.4 Å². The van der Waals surface area contributed by atoms with Gasteiger partial charge in [0.1, 0.15) is 12.4 Å². The van der Waals surface area contributed by atoms with Crippen molar-refractivity contribution in [1.82, 2.24) is 15.1 Å². The molecule has 0 bridgehead atoms. The summed E-state index contributed by atoms with van der Waals surface area (Å²) in [6, 6.07) is 0.422. The van der Waals surface area contributed by atoms with Crippen LogP contribution in [0.25, 0.3) is 0 Å². The van der Waals surface area contributed by atoms with E-state index in [0.29, 0.717) is 18.5 Å². The normalized spacial score (nSPS) is 23.7. The third-order valence-corrected chi connectivity index (χ3v) is 4.72. The minimum Gasteiger partial charge on any atom is -0.390 e. The minimum atomic E-state index is -0.614. The lowest BCUT2D eigenvalue weighted by molar-refractivity contribution is -0.385. The van der Waals surface area contributed by atoms with E-state index in [4.69, 9.17) is 0 Å². The van der Waals surface area contributed by atoms with Gasteiger partial charge in [-0.05, 0) is 24.2 Å². The summed E-state index contributed by atoms with van der Waals surface area (Å²) in [4.78, 5) is 10.2. The molecule has 1 aromatic rings. The van der Waals surface area contributed by atoms with Crippen molar-refractivity contribution in [3.05, 3.63) is 22.5 Å². The molecule has 7 nitrogen and oxygen atoms in total. The van der Waals surface area contributed by atoms with Crippen LogP contribution in [0.4, 0.5) is 5.69 Å². The largest absolute Gasteiger partial charge is 0.390 e. The molecule has 3 unspecified atom stereocenters. The Balaban J connectivity index is 1.84. The third-order valence-electron chi connectivity index (χ3n) is 4.72. The molecule has 1 aliphatic rings. The summed E-state index contributed by atoms with van der Waals surface area (Å²) in [5.41, 5.74) is 0.205. The number of nitro groups is 1. The van der Waals surface area contributed by atoms with Crippen molar-refractivity contribution in [1.29, 1.82) is 0 Å². The number of aliphatic hydroxyl groups excluding tert-OH is 1. The van der Waals surface area contributed by atoms with Gasteiger partial charge in [-0.25, -0.2) is 0 Å². The van der Waals surface area contributed by atoms with Gasteiger partial charge >= 0.3 is 5.69 Å². The topological polar surface area (TPSA) is 93.2 Å². The fourth-order valence-electron chi connectivity index (χ4n) is 3.53. The second-order valence-corrected chi connectivity index (χ2v) is 7.60. The quantitative estimate of drug-likeness (QED) is 0.619. The van der Waals surface area contributed by atoms with Gasteiger partial charge in [0.15, 0.2) is 0 Å². The van der Waals surface area contributed by atoms with E-state index in [-0.39, 0.29) is 17.6 Å². The smallest absolute Gasteiger partial charge is 0.306 e. The first-order valence-electron chi connectivity index (χ1n) is 8.35. The monoisotopic (exact) mass is 324 g/mol. The molecule has 0 aliphatic heterocycles. The van der Waals surface area contributed by atoms with Crippen LogP contribution in [0, 0.1) is 21.4 Å². The Morgan fingerprint density at radius 2 is 2.17 bits per heavy atom. The zero-order chi connectivity index (χ0) is 17.0. The van der Waals surface area contributed by atoms with Crippen LogP contribution in [-0.2, 0) is 6.54 Å². The van der Waals surface area contributed by atoms with Crippen molar-refractivity contribution in [2.24, 2.45) is 11.3 Å². The highest BCUT2D eigenvalue weighted by molar-refractivity contribution is 5.20. The third kappa shape index (κ3) is 5.00. The molecule has 130 valence electrons. The lowest BCUT2D eigenvalue weighted by atomic mass is 9.69. The number of nitrogens with zero attached hydrogens (tertiary/aromatic N) is 3. The molecule has 0 radical (unpaired) electrons. The van der Waals surface area contributed by atoms with Crippen molar-refractivity contribution in [3.63, 3.8) is 0 Å². The highest BCUT2D eigenvalue weighted by atomic mass is 16.6. The van der Waals surface area contributed by atoms with Gasteiger partial charge in [-0.1, -0.05) is 33.6 Å². The maximum atomic E-state index is 10.6. The Labute approximate surface area is 137 Å². The molecule has 1 fully saturated rings. The molecule has 2 rings (SSSR count). The van der Waals surface area contributed by atoms with Crippen LogP contribution < -0.4 is 5.32 Å². The molecule has 3 atom stereocenters. The average molecular weight is 324 g/mol. The maximum absolute atomic E-state index is 10.6. The van der Waals surface area contributed by atoms with Crippen LogP contribution in [-0.4, -0.2) is 38.5 Å². The number of rotatable bonds is 6. The molecule has 1 saturated carbocycles. The zero-order valence-corrected chi connectivity index (χ0v) is 14.2. The Morgan fingerprint density at radius 1 is 1.48 bits per heavy atom. The van der Waals surface area contributed by atoms with E-state index < -0.39 is 11.0 Å². The van der Waals surface area contributed by atoms with Crippen molar-refractivity contribution in [2.45, 2.75) is 65.1 Å². The molecule has 23 heavy (non-hydrogen) atoms. The molecule has 2 N–H and O–H groups in total. The number of hydrogen-bond donors (Lipinski definition) is 2. The van der Waals surface area contributed by atoms with Crippen LogP contribution in [0.1, 0.15) is 46.5 Å². The van der Waals surface area contributed by atoms with E-state index in [1.54, 1.807) is 0 Å². The molecule has 0 saturated heterocycles. The van der Waals surface area contributed by atoms with Gasteiger partial charge in [-0.2, -0.15) is 5.10 Å². The number of nitrogens with one attached hydrogen (secondary N) is 1. The number of aliphatic hydroxyl groups is 1. The first-order chi connectivity index (χ1) is 10.8. The summed E-state index contributed by atoms with van der Waals surface area (Å²) in [6.07, 6.45) is 6.81. The van der Waals surface area contributed by atoms with E-state index in [2.05, 4.69) is 31.2 Å².